The van der Waals surface area contributed by atoms with E-state index in [9.17, 15) is 4.79 Å². The highest BCUT2D eigenvalue weighted by atomic mass is 16.6. The second-order valence-electron chi connectivity index (χ2n) is 5.96. The molecule has 2 aliphatic heterocycles. The fourth-order valence-electron chi connectivity index (χ4n) is 3.42. The molecule has 1 aromatic carbocycles. The first kappa shape index (κ1) is 14.2. The number of methoxy groups -OCH3 is 1. The lowest BCUT2D eigenvalue weighted by atomic mass is 9.80. The molecule has 0 saturated carbocycles. The first-order chi connectivity index (χ1) is 10.2. The molecule has 0 spiro atoms. The molecule has 2 heterocycles. The summed E-state index contributed by atoms with van der Waals surface area (Å²) in [6, 6.07) is 7.62. The molecule has 21 heavy (non-hydrogen) atoms. The number of amides is 1. The van der Waals surface area contributed by atoms with Crippen molar-refractivity contribution < 1.29 is 14.3 Å². The number of cyclic esters (lactones) is 1. The van der Waals surface area contributed by atoms with Crippen molar-refractivity contribution in [1.82, 2.24) is 5.32 Å². The van der Waals surface area contributed by atoms with Crippen LogP contribution in [0.3, 0.4) is 0 Å². The number of anilines is 1. The van der Waals surface area contributed by atoms with E-state index in [0.29, 0.717) is 18.3 Å². The summed E-state index contributed by atoms with van der Waals surface area (Å²) in [5, 5.41) is 3.43. The Hall–Kier alpha value is -1.75. The minimum Gasteiger partial charge on any atom is -0.495 e. The average molecular weight is 290 g/mol. The lowest BCUT2D eigenvalue weighted by Gasteiger charge is -2.41. The van der Waals surface area contributed by atoms with Crippen molar-refractivity contribution in [1.29, 1.82) is 0 Å². The van der Waals surface area contributed by atoms with Gasteiger partial charge in [0.25, 0.3) is 0 Å². The number of piperidine rings is 1. The number of rotatable bonds is 3. The molecule has 0 aromatic heterocycles. The second-order valence-corrected chi connectivity index (χ2v) is 5.96. The summed E-state index contributed by atoms with van der Waals surface area (Å²) < 4.78 is 10.8. The van der Waals surface area contributed by atoms with Crippen LogP contribution < -0.4 is 15.0 Å². The molecule has 1 amide bonds. The van der Waals surface area contributed by atoms with Crippen molar-refractivity contribution in [3.8, 4) is 5.75 Å². The number of hydrogen-bond acceptors (Lipinski definition) is 4. The Morgan fingerprint density at radius 2 is 2.24 bits per heavy atom. The van der Waals surface area contributed by atoms with Gasteiger partial charge in [-0.05, 0) is 44.4 Å². The lowest BCUT2D eigenvalue weighted by molar-refractivity contribution is 0.157. The first-order valence-corrected chi connectivity index (χ1v) is 7.47. The second kappa shape index (κ2) is 5.56. The quantitative estimate of drug-likeness (QED) is 0.929. The van der Waals surface area contributed by atoms with Gasteiger partial charge in [-0.1, -0.05) is 12.1 Å². The number of carbonyl (C=O) groups excluding carboxylic acids is 1. The van der Waals surface area contributed by atoms with E-state index in [1.807, 2.05) is 24.3 Å². The third kappa shape index (κ3) is 2.35. The van der Waals surface area contributed by atoms with Crippen LogP contribution in [0, 0.1) is 5.92 Å². The maximum atomic E-state index is 12.3. The van der Waals surface area contributed by atoms with Crippen molar-refractivity contribution >= 4 is 11.8 Å². The summed E-state index contributed by atoms with van der Waals surface area (Å²) in [5.74, 6) is 1.08. The summed E-state index contributed by atoms with van der Waals surface area (Å²) in [6.45, 7) is 4.51. The van der Waals surface area contributed by atoms with Gasteiger partial charge in [-0.25, -0.2) is 4.79 Å². The third-order valence-corrected chi connectivity index (χ3v) is 4.68. The fraction of sp³-hybridized carbons (Fsp3) is 0.562. The van der Waals surface area contributed by atoms with Gasteiger partial charge < -0.3 is 14.8 Å². The van der Waals surface area contributed by atoms with Crippen molar-refractivity contribution in [2.45, 2.75) is 25.3 Å². The van der Waals surface area contributed by atoms with Crippen LogP contribution in [0.2, 0.25) is 0 Å². The number of ether oxygens (including phenoxy) is 2. The molecule has 2 unspecified atom stereocenters. The number of benzene rings is 1. The Morgan fingerprint density at radius 1 is 1.43 bits per heavy atom. The number of hydrogen-bond donors (Lipinski definition) is 1. The zero-order valence-corrected chi connectivity index (χ0v) is 12.6. The van der Waals surface area contributed by atoms with Crippen molar-refractivity contribution in [2.75, 3.05) is 31.7 Å². The Kier molecular flexibility index (Phi) is 3.76. The van der Waals surface area contributed by atoms with Crippen LogP contribution in [0.1, 0.15) is 19.8 Å². The van der Waals surface area contributed by atoms with Crippen molar-refractivity contribution in [3.63, 3.8) is 0 Å². The van der Waals surface area contributed by atoms with Crippen LogP contribution in [-0.4, -0.2) is 38.4 Å². The Balaban J connectivity index is 1.98. The number of nitrogens with zero attached hydrogens (tertiary/aromatic N) is 1. The smallest absolute Gasteiger partial charge is 0.415 e. The van der Waals surface area contributed by atoms with Gasteiger partial charge >= 0.3 is 6.09 Å². The molecule has 2 saturated heterocycles. The molecule has 1 aromatic rings. The summed E-state index contributed by atoms with van der Waals surface area (Å²) >= 11 is 0. The van der Waals surface area contributed by atoms with Gasteiger partial charge in [-0.15, -0.1) is 0 Å². The van der Waals surface area contributed by atoms with Crippen LogP contribution in [0.4, 0.5) is 10.5 Å². The highest BCUT2D eigenvalue weighted by Gasteiger charge is 2.50. The molecule has 0 bridgehead atoms. The van der Waals surface area contributed by atoms with E-state index in [1.54, 1.807) is 12.0 Å². The number of carbonyl (C=O) groups is 1. The van der Waals surface area contributed by atoms with E-state index in [1.165, 1.54) is 0 Å². The van der Waals surface area contributed by atoms with E-state index >= 15 is 0 Å². The van der Waals surface area contributed by atoms with Crippen molar-refractivity contribution in [3.05, 3.63) is 24.3 Å². The summed E-state index contributed by atoms with van der Waals surface area (Å²) in [4.78, 5) is 14.1. The Morgan fingerprint density at radius 3 is 2.95 bits per heavy atom. The van der Waals surface area contributed by atoms with Gasteiger partial charge in [0.1, 0.15) is 12.4 Å². The molecular weight excluding hydrogens is 268 g/mol. The number of para-hydroxylation sites is 2. The van der Waals surface area contributed by atoms with Gasteiger partial charge in [0.2, 0.25) is 0 Å². The van der Waals surface area contributed by atoms with Crippen LogP contribution in [-0.2, 0) is 4.74 Å². The molecule has 3 rings (SSSR count). The van der Waals surface area contributed by atoms with Gasteiger partial charge in [-0.2, -0.15) is 0 Å². The molecule has 114 valence electrons. The van der Waals surface area contributed by atoms with Gasteiger partial charge in [0.15, 0.2) is 0 Å². The standard InChI is InChI=1S/C16H22N2O3/c1-16(12-6-5-9-17-10-12)11-21-15(19)18(16)13-7-3-4-8-14(13)20-2/h3-4,7-8,12,17H,5-6,9-11H2,1-2H3. The monoisotopic (exact) mass is 290 g/mol. The molecule has 2 aliphatic rings. The highest BCUT2D eigenvalue weighted by molar-refractivity contribution is 5.93. The van der Waals surface area contributed by atoms with Crippen LogP contribution in [0.5, 0.6) is 5.75 Å². The van der Waals surface area contributed by atoms with Gasteiger partial charge in [0, 0.05) is 6.54 Å². The van der Waals surface area contributed by atoms with Crippen LogP contribution in [0.15, 0.2) is 24.3 Å². The van der Waals surface area contributed by atoms with E-state index < -0.39 is 0 Å². The fourth-order valence-corrected chi connectivity index (χ4v) is 3.42. The maximum Gasteiger partial charge on any atom is 0.415 e. The zero-order chi connectivity index (χ0) is 14.9. The van der Waals surface area contributed by atoms with Crippen LogP contribution in [0.25, 0.3) is 0 Å². The van der Waals surface area contributed by atoms with E-state index in [-0.39, 0.29) is 11.6 Å². The number of nitrogens with one attached hydrogen (secondary N) is 1. The minimum absolute atomic E-state index is 0.285. The molecule has 0 aliphatic carbocycles. The Bertz CT molecular complexity index is 528. The molecule has 5 nitrogen and oxygen atoms in total. The predicted octanol–water partition coefficient (Wildman–Crippen LogP) is 2.41. The van der Waals surface area contributed by atoms with Gasteiger partial charge in [-0.3, -0.25) is 4.90 Å². The predicted molar refractivity (Wildman–Crippen MR) is 80.8 cm³/mol. The van der Waals surface area contributed by atoms with E-state index in [0.717, 1.165) is 31.6 Å². The minimum atomic E-state index is -0.334. The summed E-state index contributed by atoms with van der Waals surface area (Å²) in [6.07, 6.45) is 1.95. The molecule has 0 radical (unpaired) electrons. The van der Waals surface area contributed by atoms with E-state index in [2.05, 4.69) is 12.2 Å². The molecule has 2 fully saturated rings. The largest absolute Gasteiger partial charge is 0.495 e. The maximum absolute atomic E-state index is 12.3. The first-order valence-electron chi connectivity index (χ1n) is 7.47. The molecule has 2 atom stereocenters. The molecular formula is C16H22N2O3. The highest BCUT2D eigenvalue weighted by Crippen LogP contribution is 2.41. The normalized spacial score (nSPS) is 29.3. The zero-order valence-electron chi connectivity index (χ0n) is 12.6. The third-order valence-electron chi connectivity index (χ3n) is 4.68. The lowest BCUT2D eigenvalue weighted by Crippen LogP contribution is -2.55. The van der Waals surface area contributed by atoms with Crippen molar-refractivity contribution in [2.24, 2.45) is 5.92 Å². The Labute approximate surface area is 125 Å². The van der Waals surface area contributed by atoms with E-state index in [4.69, 9.17) is 9.47 Å². The summed E-state index contributed by atoms with van der Waals surface area (Å²) in [7, 11) is 1.62. The average Bonchev–Trinajstić information content (AvgIpc) is 2.84. The molecule has 1 N–H and O–H groups in total. The van der Waals surface area contributed by atoms with Gasteiger partial charge in [0.05, 0.1) is 18.3 Å². The molecule has 5 heteroatoms. The topological polar surface area (TPSA) is 50.8 Å². The summed E-state index contributed by atoms with van der Waals surface area (Å²) in [5.41, 5.74) is 0.453. The SMILES string of the molecule is COc1ccccc1N1C(=O)OCC1(C)C1CCCNC1. The van der Waals surface area contributed by atoms with Crippen LogP contribution >= 0.6 is 0 Å².